The molecule has 0 aromatic carbocycles. The number of aromatic nitrogens is 1. The van der Waals surface area contributed by atoms with Gasteiger partial charge in [-0.25, -0.2) is 4.39 Å². The lowest BCUT2D eigenvalue weighted by atomic mass is 9.89. The largest absolute Gasteiger partial charge is 0.257 e. The highest BCUT2D eigenvalue weighted by molar-refractivity contribution is 5.24. The van der Waals surface area contributed by atoms with E-state index in [0.29, 0.717) is 0 Å². The Bertz CT molecular complexity index is 286. The number of rotatable bonds is 0. The van der Waals surface area contributed by atoms with E-state index in [0.717, 1.165) is 11.3 Å². The van der Waals surface area contributed by atoms with Gasteiger partial charge in [0.25, 0.3) is 0 Å². The fourth-order valence-electron chi connectivity index (χ4n) is 1.33. The molecule has 0 bridgehead atoms. The standard InChI is InChI=1S/C10H14FN/c1-7-5-8(11)6-12-9(7)10(2,3)4/h5-6H,1-4H3. The molecule has 0 aliphatic carbocycles. The summed E-state index contributed by atoms with van der Waals surface area (Å²) in [6.45, 7) is 8.09. The van der Waals surface area contributed by atoms with Gasteiger partial charge < -0.3 is 0 Å². The summed E-state index contributed by atoms with van der Waals surface area (Å²) in [5, 5.41) is 0. The van der Waals surface area contributed by atoms with Crippen LogP contribution in [0.25, 0.3) is 0 Å². The molecular formula is C10H14FN. The number of hydrogen-bond donors (Lipinski definition) is 0. The first kappa shape index (κ1) is 9.17. The smallest absolute Gasteiger partial charge is 0.141 e. The molecule has 1 nitrogen and oxygen atoms in total. The van der Waals surface area contributed by atoms with Crippen LogP contribution in [0.4, 0.5) is 4.39 Å². The highest BCUT2D eigenvalue weighted by Crippen LogP contribution is 2.23. The van der Waals surface area contributed by atoms with Crippen LogP contribution in [0.1, 0.15) is 32.0 Å². The lowest BCUT2D eigenvalue weighted by molar-refractivity contribution is 0.552. The van der Waals surface area contributed by atoms with Crippen molar-refractivity contribution in [2.45, 2.75) is 33.1 Å². The van der Waals surface area contributed by atoms with Gasteiger partial charge in [-0.1, -0.05) is 20.8 Å². The minimum Gasteiger partial charge on any atom is -0.257 e. The fourth-order valence-corrected chi connectivity index (χ4v) is 1.33. The molecule has 1 rings (SSSR count). The van der Waals surface area contributed by atoms with Gasteiger partial charge in [-0.2, -0.15) is 0 Å². The Morgan fingerprint density at radius 3 is 2.33 bits per heavy atom. The molecule has 0 unspecified atom stereocenters. The molecule has 0 amide bonds. The summed E-state index contributed by atoms with van der Waals surface area (Å²) in [4.78, 5) is 4.07. The van der Waals surface area contributed by atoms with Crippen molar-refractivity contribution in [1.82, 2.24) is 4.98 Å². The number of aryl methyl sites for hydroxylation is 1. The van der Waals surface area contributed by atoms with Crippen molar-refractivity contribution in [3.05, 3.63) is 29.3 Å². The van der Waals surface area contributed by atoms with Gasteiger partial charge in [0, 0.05) is 11.1 Å². The fraction of sp³-hybridized carbons (Fsp3) is 0.500. The van der Waals surface area contributed by atoms with Crippen molar-refractivity contribution >= 4 is 0 Å². The van der Waals surface area contributed by atoms with Crippen LogP contribution in [0.3, 0.4) is 0 Å². The van der Waals surface area contributed by atoms with Crippen molar-refractivity contribution in [2.24, 2.45) is 0 Å². The Labute approximate surface area is 72.6 Å². The average molecular weight is 167 g/mol. The van der Waals surface area contributed by atoms with Crippen molar-refractivity contribution in [3.8, 4) is 0 Å². The molecule has 0 N–H and O–H groups in total. The Kier molecular flexibility index (Phi) is 2.18. The lowest BCUT2D eigenvalue weighted by Crippen LogP contribution is -2.15. The van der Waals surface area contributed by atoms with Gasteiger partial charge in [0.15, 0.2) is 0 Å². The molecule has 0 saturated heterocycles. The number of hydrogen-bond acceptors (Lipinski definition) is 1. The summed E-state index contributed by atoms with van der Waals surface area (Å²) in [6.07, 6.45) is 1.27. The number of pyridine rings is 1. The molecule has 1 aromatic heterocycles. The van der Waals surface area contributed by atoms with E-state index in [-0.39, 0.29) is 11.2 Å². The van der Waals surface area contributed by atoms with Crippen molar-refractivity contribution in [3.63, 3.8) is 0 Å². The second kappa shape index (κ2) is 2.85. The van der Waals surface area contributed by atoms with Gasteiger partial charge in [-0.3, -0.25) is 4.98 Å². The molecule has 0 radical (unpaired) electrons. The third-order valence-electron chi connectivity index (χ3n) is 1.76. The zero-order valence-corrected chi connectivity index (χ0v) is 7.98. The van der Waals surface area contributed by atoms with Crippen LogP contribution in [0.2, 0.25) is 0 Å². The van der Waals surface area contributed by atoms with Crippen LogP contribution in [-0.2, 0) is 5.41 Å². The van der Waals surface area contributed by atoms with Gasteiger partial charge in [0.1, 0.15) is 5.82 Å². The van der Waals surface area contributed by atoms with Crippen LogP contribution >= 0.6 is 0 Å². The van der Waals surface area contributed by atoms with Gasteiger partial charge in [0.2, 0.25) is 0 Å². The zero-order chi connectivity index (χ0) is 9.35. The summed E-state index contributed by atoms with van der Waals surface area (Å²) in [5.74, 6) is -0.263. The first-order valence-electron chi connectivity index (χ1n) is 4.04. The number of nitrogens with zero attached hydrogens (tertiary/aromatic N) is 1. The van der Waals surface area contributed by atoms with Crippen LogP contribution in [0.15, 0.2) is 12.3 Å². The molecule has 1 aromatic rings. The monoisotopic (exact) mass is 167 g/mol. The highest BCUT2D eigenvalue weighted by Gasteiger charge is 2.17. The Hall–Kier alpha value is -0.920. The van der Waals surface area contributed by atoms with Gasteiger partial charge in [-0.05, 0) is 18.6 Å². The van der Waals surface area contributed by atoms with Gasteiger partial charge >= 0.3 is 0 Å². The lowest BCUT2D eigenvalue weighted by Gasteiger charge is -2.19. The maximum absolute atomic E-state index is 12.7. The Balaban J connectivity index is 3.19. The number of halogens is 1. The molecule has 0 fully saturated rings. The molecule has 0 spiro atoms. The van der Waals surface area contributed by atoms with E-state index < -0.39 is 0 Å². The SMILES string of the molecule is Cc1cc(F)cnc1C(C)(C)C. The molecule has 0 atom stereocenters. The minimum absolute atomic E-state index is 0.00220. The van der Waals surface area contributed by atoms with Crippen molar-refractivity contribution in [2.75, 3.05) is 0 Å². The first-order chi connectivity index (χ1) is 5.41. The first-order valence-corrected chi connectivity index (χ1v) is 4.04. The second-order valence-electron chi connectivity index (χ2n) is 4.07. The second-order valence-corrected chi connectivity index (χ2v) is 4.07. The topological polar surface area (TPSA) is 12.9 Å². The molecule has 0 aliphatic rings. The summed E-state index contributed by atoms with van der Waals surface area (Å²) < 4.78 is 12.7. The maximum atomic E-state index is 12.7. The molecule has 12 heavy (non-hydrogen) atoms. The molecule has 0 saturated carbocycles. The van der Waals surface area contributed by atoms with Crippen molar-refractivity contribution in [1.29, 1.82) is 0 Å². The predicted molar refractivity (Wildman–Crippen MR) is 47.6 cm³/mol. The summed E-state index contributed by atoms with van der Waals surface area (Å²) in [7, 11) is 0. The van der Waals surface area contributed by atoms with Gasteiger partial charge in [-0.15, -0.1) is 0 Å². The zero-order valence-electron chi connectivity index (χ0n) is 7.98. The molecule has 0 aliphatic heterocycles. The van der Waals surface area contributed by atoms with Crippen LogP contribution in [-0.4, -0.2) is 4.98 Å². The van der Waals surface area contributed by atoms with E-state index in [1.165, 1.54) is 12.3 Å². The maximum Gasteiger partial charge on any atom is 0.141 e. The quantitative estimate of drug-likeness (QED) is 0.579. The normalized spacial score (nSPS) is 11.8. The third-order valence-corrected chi connectivity index (χ3v) is 1.76. The summed E-state index contributed by atoms with van der Waals surface area (Å²) in [5.41, 5.74) is 1.88. The van der Waals surface area contributed by atoms with E-state index >= 15 is 0 Å². The molecule has 2 heteroatoms. The average Bonchev–Trinajstić information content (AvgIpc) is 1.83. The summed E-state index contributed by atoms with van der Waals surface area (Å²) in [6, 6.07) is 1.52. The van der Waals surface area contributed by atoms with Crippen LogP contribution in [0.5, 0.6) is 0 Å². The Morgan fingerprint density at radius 1 is 1.33 bits per heavy atom. The van der Waals surface area contributed by atoms with E-state index in [1.54, 1.807) is 0 Å². The van der Waals surface area contributed by atoms with E-state index in [1.807, 2.05) is 6.92 Å². The van der Waals surface area contributed by atoms with Crippen LogP contribution < -0.4 is 0 Å². The molecule has 1 heterocycles. The third kappa shape index (κ3) is 1.81. The molecular weight excluding hydrogens is 153 g/mol. The predicted octanol–water partition coefficient (Wildman–Crippen LogP) is 2.83. The minimum atomic E-state index is -0.263. The van der Waals surface area contributed by atoms with Gasteiger partial charge in [0.05, 0.1) is 6.20 Å². The van der Waals surface area contributed by atoms with Crippen molar-refractivity contribution < 1.29 is 4.39 Å². The van der Waals surface area contributed by atoms with E-state index in [2.05, 4.69) is 25.8 Å². The van der Waals surface area contributed by atoms with Crippen LogP contribution in [0, 0.1) is 12.7 Å². The Morgan fingerprint density at radius 2 is 1.92 bits per heavy atom. The summed E-state index contributed by atoms with van der Waals surface area (Å²) >= 11 is 0. The van der Waals surface area contributed by atoms with E-state index in [4.69, 9.17) is 0 Å². The molecule has 66 valence electrons. The highest BCUT2D eigenvalue weighted by atomic mass is 19.1. The van der Waals surface area contributed by atoms with E-state index in [9.17, 15) is 4.39 Å².